The Kier molecular flexibility index (Phi) is 9.21. The van der Waals surface area contributed by atoms with Gasteiger partial charge in [0.1, 0.15) is 23.1 Å². The van der Waals surface area contributed by atoms with Crippen molar-refractivity contribution in [3.05, 3.63) is 173 Å². The minimum absolute atomic E-state index is 0.175. The van der Waals surface area contributed by atoms with Crippen LogP contribution in [0.2, 0.25) is 0 Å². The first-order valence-electron chi connectivity index (χ1n) is 14.8. The van der Waals surface area contributed by atoms with E-state index in [9.17, 15) is 32.2 Å². The van der Waals surface area contributed by atoms with Gasteiger partial charge in [0, 0.05) is 0 Å². The molecule has 1 aliphatic rings. The lowest BCUT2D eigenvalue weighted by Gasteiger charge is -2.34. The Labute approximate surface area is 287 Å². The summed E-state index contributed by atoms with van der Waals surface area (Å²) in [5, 5.41) is 20.4. The predicted molar refractivity (Wildman–Crippen MR) is 180 cm³/mol. The van der Waals surface area contributed by atoms with Crippen LogP contribution in [0.3, 0.4) is 0 Å². The van der Waals surface area contributed by atoms with Crippen molar-refractivity contribution in [3.8, 4) is 22.6 Å². The number of benzene rings is 6. The summed E-state index contributed by atoms with van der Waals surface area (Å²) in [5.74, 6) is -0.281. The number of hydrogen-bond acceptors (Lipinski definition) is 4. The first-order chi connectivity index (χ1) is 23.7. The molecule has 0 amide bonds. The Balaban J connectivity index is 0.000000485. The highest BCUT2D eigenvalue weighted by molar-refractivity contribution is 7.97. The zero-order valence-corrected chi connectivity index (χ0v) is 27.3. The molecule has 3 N–H and O–H groups in total. The van der Waals surface area contributed by atoms with Gasteiger partial charge in [0.2, 0.25) is 0 Å². The van der Waals surface area contributed by atoms with Crippen LogP contribution in [0.5, 0.6) is 11.5 Å². The highest BCUT2D eigenvalue weighted by atomic mass is 32.2. The maximum absolute atomic E-state index is 14.0. The van der Waals surface area contributed by atoms with E-state index in [0.29, 0.717) is 0 Å². The van der Waals surface area contributed by atoms with Crippen molar-refractivity contribution in [2.45, 2.75) is 25.6 Å². The second-order valence-electron chi connectivity index (χ2n) is 11.2. The number of hydrogen-bond donors (Lipinski definition) is 3. The van der Waals surface area contributed by atoms with Crippen LogP contribution in [-0.4, -0.2) is 28.7 Å². The molecule has 0 radical (unpaired) electrons. The van der Waals surface area contributed by atoms with Crippen molar-refractivity contribution in [1.82, 2.24) is 0 Å². The molecule has 6 aromatic carbocycles. The van der Waals surface area contributed by atoms with Gasteiger partial charge in [0.15, 0.2) is 14.7 Å². The fourth-order valence-corrected chi connectivity index (χ4v) is 8.22. The van der Waals surface area contributed by atoms with Crippen LogP contribution in [-0.2, 0) is 26.4 Å². The van der Waals surface area contributed by atoms with Gasteiger partial charge >= 0.3 is 15.6 Å². The van der Waals surface area contributed by atoms with Gasteiger partial charge in [-0.15, -0.1) is 0 Å². The number of halogens is 5. The Morgan fingerprint density at radius 2 is 0.940 bits per heavy atom. The van der Waals surface area contributed by atoms with Gasteiger partial charge in [-0.05, 0) is 124 Å². The zero-order chi connectivity index (χ0) is 35.8. The molecule has 6 aromatic rings. The molecule has 0 atom stereocenters. The molecule has 0 aromatic heterocycles. The average Bonchev–Trinajstić information content (AvgIpc) is 3.37. The molecule has 0 bridgehead atoms. The molecular formula is C38H26F5O5S2+. The van der Waals surface area contributed by atoms with E-state index < -0.39 is 31.9 Å². The topological polar surface area (TPSA) is 94.8 Å². The fraction of sp³-hybridized carbons (Fsp3) is 0.0526. The maximum Gasteiger partial charge on any atom is 0.522 e. The lowest BCUT2D eigenvalue weighted by atomic mass is 9.67. The van der Waals surface area contributed by atoms with E-state index >= 15 is 0 Å². The molecule has 0 saturated heterocycles. The largest absolute Gasteiger partial charge is 0.522 e. The van der Waals surface area contributed by atoms with Gasteiger partial charge in [-0.1, -0.05) is 48.5 Å². The molecule has 0 spiro atoms. The molecule has 7 rings (SSSR count). The summed E-state index contributed by atoms with van der Waals surface area (Å²) in [6, 6.07) is 42.3. The maximum atomic E-state index is 14.0. The fourth-order valence-electron chi connectivity index (χ4n) is 6.15. The molecule has 12 heteroatoms. The molecule has 5 nitrogen and oxygen atoms in total. The minimum Gasteiger partial charge on any atom is -0.508 e. The summed E-state index contributed by atoms with van der Waals surface area (Å²) in [5.41, 5.74) is -0.00972. The second kappa shape index (κ2) is 13.3. The summed E-state index contributed by atoms with van der Waals surface area (Å²) < 4.78 is 85.5. The average molecular weight is 722 g/mol. The Bertz CT molecular complexity index is 2170. The zero-order valence-electron chi connectivity index (χ0n) is 25.6. The SMILES string of the molecule is O=S(=O)(O)C(F)(F)F.Oc1ccc(C2(c3ccc(O)cc3)c3ccccc3-c3ccc([S+](c4ccc(F)cc4)c4ccc(F)cc4)cc32)cc1. The van der Waals surface area contributed by atoms with Gasteiger partial charge in [0.05, 0.1) is 16.3 Å². The van der Waals surface area contributed by atoms with Gasteiger partial charge in [-0.3, -0.25) is 4.55 Å². The third-order valence-electron chi connectivity index (χ3n) is 8.24. The van der Waals surface area contributed by atoms with Crippen LogP contribution >= 0.6 is 0 Å². The van der Waals surface area contributed by atoms with E-state index in [1.165, 1.54) is 24.3 Å². The summed E-state index contributed by atoms with van der Waals surface area (Å²) in [7, 11) is -6.50. The smallest absolute Gasteiger partial charge is 0.508 e. The predicted octanol–water partition coefficient (Wildman–Crippen LogP) is 9.23. The van der Waals surface area contributed by atoms with Crippen molar-refractivity contribution >= 4 is 21.0 Å². The molecule has 0 aliphatic heterocycles. The molecule has 0 heterocycles. The van der Waals surface area contributed by atoms with Crippen molar-refractivity contribution in [3.63, 3.8) is 0 Å². The van der Waals surface area contributed by atoms with Crippen molar-refractivity contribution in [2.75, 3.05) is 0 Å². The van der Waals surface area contributed by atoms with Crippen LogP contribution in [0.1, 0.15) is 22.3 Å². The summed E-state index contributed by atoms with van der Waals surface area (Å²) in [6.07, 6.45) is 0. The van der Waals surface area contributed by atoms with E-state index in [1.54, 1.807) is 48.5 Å². The number of aromatic hydroxyl groups is 2. The van der Waals surface area contributed by atoms with E-state index in [2.05, 4.69) is 30.3 Å². The molecular weight excluding hydrogens is 696 g/mol. The number of alkyl halides is 3. The van der Waals surface area contributed by atoms with E-state index in [-0.39, 0.29) is 23.1 Å². The first-order valence-corrected chi connectivity index (χ1v) is 17.5. The summed E-state index contributed by atoms with van der Waals surface area (Å²) >= 11 is 0. The number of phenolic OH excluding ortho intramolecular Hbond substituents is 2. The van der Waals surface area contributed by atoms with Crippen molar-refractivity contribution in [1.29, 1.82) is 0 Å². The third kappa shape index (κ3) is 6.45. The first kappa shape index (κ1) is 34.7. The van der Waals surface area contributed by atoms with E-state index in [0.717, 1.165) is 48.1 Å². The molecule has 0 saturated carbocycles. The van der Waals surface area contributed by atoms with Crippen molar-refractivity contribution in [2.24, 2.45) is 0 Å². The lowest BCUT2D eigenvalue weighted by molar-refractivity contribution is -0.0510. The number of rotatable bonds is 5. The van der Waals surface area contributed by atoms with Crippen LogP contribution in [0.4, 0.5) is 22.0 Å². The molecule has 0 fully saturated rings. The molecule has 1 aliphatic carbocycles. The molecule has 254 valence electrons. The van der Waals surface area contributed by atoms with Gasteiger partial charge < -0.3 is 10.2 Å². The van der Waals surface area contributed by atoms with Crippen LogP contribution in [0.25, 0.3) is 11.1 Å². The number of phenols is 2. The lowest BCUT2D eigenvalue weighted by Crippen LogP contribution is -2.28. The quantitative estimate of drug-likeness (QED) is 0.0713. The van der Waals surface area contributed by atoms with E-state index in [1.807, 2.05) is 36.4 Å². The normalized spacial score (nSPS) is 13.3. The Morgan fingerprint density at radius 1 is 0.540 bits per heavy atom. The number of fused-ring (bicyclic) bond motifs is 3. The van der Waals surface area contributed by atoms with Crippen LogP contribution < -0.4 is 0 Å². The van der Waals surface area contributed by atoms with Crippen LogP contribution in [0, 0.1) is 11.6 Å². The Morgan fingerprint density at radius 3 is 1.38 bits per heavy atom. The van der Waals surface area contributed by atoms with E-state index in [4.69, 9.17) is 13.0 Å². The molecule has 50 heavy (non-hydrogen) atoms. The standard InChI is InChI=1S/C37H24F2O2S.CHF3O3S/c38-26-9-17-30(18-10-26)42(31-19-11-27(39)12-20-31)32-21-22-34-33-3-1-2-4-35(33)37(36(34)23-32,24-5-13-28(40)14-6-24)25-7-15-29(41)16-8-25;2-1(3,4)8(5,6)7/h1-23H,(H-,40,41);(H,5,6,7)/p+1. The van der Waals surface area contributed by atoms with Gasteiger partial charge in [-0.25, -0.2) is 8.78 Å². The summed E-state index contributed by atoms with van der Waals surface area (Å²) in [4.78, 5) is 2.83. The Hall–Kier alpha value is -5.17. The highest BCUT2D eigenvalue weighted by Gasteiger charge is 2.47. The van der Waals surface area contributed by atoms with Gasteiger partial charge in [0.25, 0.3) is 0 Å². The van der Waals surface area contributed by atoms with Crippen molar-refractivity contribution < 1.29 is 45.1 Å². The molecule has 0 unspecified atom stereocenters. The van der Waals surface area contributed by atoms with Gasteiger partial charge in [-0.2, -0.15) is 21.6 Å². The second-order valence-corrected chi connectivity index (χ2v) is 14.7. The van der Waals surface area contributed by atoms with Crippen LogP contribution in [0.15, 0.2) is 154 Å². The monoisotopic (exact) mass is 721 g/mol. The third-order valence-corrected chi connectivity index (χ3v) is 11.0. The highest BCUT2D eigenvalue weighted by Crippen LogP contribution is 2.57. The minimum atomic E-state index is -5.84. The summed E-state index contributed by atoms with van der Waals surface area (Å²) in [6.45, 7) is 0.